The lowest BCUT2D eigenvalue weighted by molar-refractivity contribution is 0.108. The first kappa shape index (κ1) is 27.8. The third kappa shape index (κ3) is 5.47. The van der Waals surface area contributed by atoms with E-state index in [9.17, 15) is 10.2 Å². The van der Waals surface area contributed by atoms with Gasteiger partial charge < -0.3 is 33.9 Å². The Labute approximate surface area is 224 Å². The van der Waals surface area contributed by atoms with Gasteiger partial charge in [-0.2, -0.15) is 0 Å². The van der Waals surface area contributed by atoms with E-state index in [1.807, 2.05) is 24.3 Å². The van der Waals surface area contributed by atoms with E-state index in [1.54, 1.807) is 35.5 Å². The first-order valence-electron chi connectivity index (χ1n) is 12.7. The molecule has 0 saturated carbocycles. The predicted molar refractivity (Wildman–Crippen MR) is 147 cm³/mol. The summed E-state index contributed by atoms with van der Waals surface area (Å²) in [5, 5.41) is 21.9. The number of ether oxygens (including phenoxy) is 5. The van der Waals surface area contributed by atoms with Crippen molar-refractivity contribution in [1.82, 2.24) is 9.80 Å². The highest BCUT2D eigenvalue weighted by atomic mass is 16.5. The maximum absolute atomic E-state index is 10.7. The monoisotopic (exact) mass is 526 g/mol. The number of hydrogen-bond donors (Lipinski definition) is 2. The minimum atomic E-state index is -0.143. The molecule has 1 aliphatic heterocycles. The van der Waals surface area contributed by atoms with Gasteiger partial charge in [0.05, 0.1) is 48.8 Å². The number of methoxy groups -OCH3 is 5. The van der Waals surface area contributed by atoms with Crippen molar-refractivity contribution >= 4 is 10.8 Å². The molecular weight excluding hydrogens is 488 g/mol. The second kappa shape index (κ2) is 12.5. The average Bonchev–Trinajstić information content (AvgIpc) is 2.95. The van der Waals surface area contributed by atoms with Crippen LogP contribution < -0.4 is 23.7 Å². The van der Waals surface area contributed by atoms with E-state index < -0.39 is 0 Å². The van der Waals surface area contributed by atoms with Crippen LogP contribution in [0.5, 0.6) is 28.7 Å². The van der Waals surface area contributed by atoms with Crippen molar-refractivity contribution in [1.29, 1.82) is 0 Å². The Hall–Kier alpha value is -3.24. The number of benzene rings is 3. The second-order valence-electron chi connectivity index (χ2n) is 9.23. The Kier molecular flexibility index (Phi) is 9.17. The third-order valence-corrected chi connectivity index (χ3v) is 7.23. The molecule has 1 aliphatic rings. The summed E-state index contributed by atoms with van der Waals surface area (Å²) in [5.74, 6) is 2.81. The van der Waals surface area contributed by atoms with Crippen LogP contribution in [0.4, 0.5) is 0 Å². The number of nitrogens with zero attached hydrogens (tertiary/aromatic N) is 2. The van der Waals surface area contributed by atoms with E-state index in [0.29, 0.717) is 41.8 Å². The minimum absolute atomic E-state index is 0.143. The van der Waals surface area contributed by atoms with Crippen LogP contribution >= 0.6 is 0 Å². The Bertz CT molecular complexity index is 1230. The molecule has 0 radical (unpaired) electrons. The van der Waals surface area contributed by atoms with Gasteiger partial charge in [-0.05, 0) is 63.4 Å². The smallest absolute Gasteiger partial charge is 0.203 e. The molecule has 2 N–H and O–H groups in total. The predicted octanol–water partition coefficient (Wildman–Crippen LogP) is 3.15. The topological polar surface area (TPSA) is 93.1 Å². The minimum Gasteiger partial charge on any atom is -0.493 e. The normalized spacial score (nSPS) is 14.5. The van der Waals surface area contributed by atoms with Crippen molar-refractivity contribution < 1.29 is 33.9 Å². The van der Waals surface area contributed by atoms with Crippen molar-refractivity contribution in [3.8, 4) is 39.9 Å². The van der Waals surface area contributed by atoms with Gasteiger partial charge in [0.1, 0.15) is 0 Å². The molecule has 206 valence electrons. The number of hydrogen-bond acceptors (Lipinski definition) is 9. The van der Waals surface area contributed by atoms with Crippen molar-refractivity contribution in [2.75, 3.05) is 74.9 Å². The number of piperazine rings is 1. The molecule has 0 atom stereocenters. The van der Waals surface area contributed by atoms with Crippen LogP contribution in [0.1, 0.15) is 11.1 Å². The van der Waals surface area contributed by atoms with Crippen LogP contribution in [0.2, 0.25) is 0 Å². The Morgan fingerprint density at radius 1 is 0.684 bits per heavy atom. The fraction of sp³-hybridized carbons (Fsp3) is 0.448. The molecule has 38 heavy (non-hydrogen) atoms. The van der Waals surface area contributed by atoms with Crippen LogP contribution in [-0.4, -0.2) is 94.9 Å². The Morgan fingerprint density at radius 3 is 1.79 bits per heavy atom. The van der Waals surface area contributed by atoms with Gasteiger partial charge in [0.25, 0.3) is 0 Å². The number of fused-ring (bicyclic) bond motifs is 1. The maximum atomic E-state index is 10.7. The Balaban J connectivity index is 1.92. The molecule has 0 spiro atoms. The van der Waals surface area contributed by atoms with Gasteiger partial charge in [-0.25, -0.2) is 0 Å². The van der Waals surface area contributed by atoms with E-state index in [-0.39, 0.29) is 13.2 Å². The summed E-state index contributed by atoms with van der Waals surface area (Å²) in [6, 6.07) is 9.86. The largest absolute Gasteiger partial charge is 0.493 e. The lowest BCUT2D eigenvalue weighted by Crippen LogP contribution is -2.46. The summed E-state index contributed by atoms with van der Waals surface area (Å²) < 4.78 is 28.1. The van der Waals surface area contributed by atoms with Gasteiger partial charge in [0, 0.05) is 39.3 Å². The second-order valence-corrected chi connectivity index (χ2v) is 9.23. The van der Waals surface area contributed by atoms with Gasteiger partial charge in [0.15, 0.2) is 23.0 Å². The zero-order valence-electron chi connectivity index (χ0n) is 22.9. The van der Waals surface area contributed by atoms with Crippen LogP contribution in [0.3, 0.4) is 0 Å². The molecule has 0 amide bonds. The number of rotatable bonds is 11. The Morgan fingerprint density at radius 2 is 1.26 bits per heavy atom. The molecule has 9 nitrogen and oxygen atoms in total. The number of β-amino-alcohol motifs (C(OH)–C–C–N with tert-alkyl or cyclic N) is 1. The van der Waals surface area contributed by atoms with E-state index in [0.717, 1.165) is 59.2 Å². The fourth-order valence-corrected chi connectivity index (χ4v) is 5.26. The zero-order valence-corrected chi connectivity index (χ0v) is 22.9. The molecule has 4 rings (SSSR count). The molecule has 1 heterocycles. The van der Waals surface area contributed by atoms with Crippen LogP contribution in [0, 0.1) is 0 Å². The van der Waals surface area contributed by atoms with Crippen LogP contribution in [-0.2, 0) is 13.2 Å². The molecule has 9 heteroatoms. The summed E-state index contributed by atoms with van der Waals surface area (Å²) in [6.45, 7) is 4.96. The van der Waals surface area contributed by atoms with Gasteiger partial charge in [0.2, 0.25) is 5.75 Å². The summed E-state index contributed by atoms with van der Waals surface area (Å²) in [7, 11) is 7.99. The third-order valence-electron chi connectivity index (χ3n) is 7.23. The highest BCUT2D eigenvalue weighted by Crippen LogP contribution is 2.46. The molecule has 1 saturated heterocycles. The molecule has 3 aromatic rings. The summed E-state index contributed by atoms with van der Waals surface area (Å²) in [6.07, 6.45) is 0. The van der Waals surface area contributed by atoms with Crippen LogP contribution in [0.25, 0.3) is 21.9 Å². The summed E-state index contributed by atoms with van der Waals surface area (Å²) in [4.78, 5) is 4.65. The highest BCUT2D eigenvalue weighted by molar-refractivity contribution is 6.01. The summed E-state index contributed by atoms with van der Waals surface area (Å²) in [5.41, 5.74) is 3.57. The summed E-state index contributed by atoms with van der Waals surface area (Å²) >= 11 is 0. The molecule has 3 aromatic carbocycles. The molecule has 1 fully saturated rings. The van der Waals surface area contributed by atoms with Crippen molar-refractivity contribution in [2.24, 2.45) is 0 Å². The quantitative estimate of drug-likeness (QED) is 0.391. The maximum Gasteiger partial charge on any atom is 0.203 e. The van der Waals surface area contributed by atoms with Crippen molar-refractivity contribution in [3.05, 3.63) is 41.5 Å². The van der Waals surface area contributed by atoms with Gasteiger partial charge in [-0.1, -0.05) is 0 Å². The average molecular weight is 527 g/mol. The van der Waals surface area contributed by atoms with Gasteiger partial charge >= 0.3 is 0 Å². The van der Waals surface area contributed by atoms with Crippen molar-refractivity contribution in [2.45, 2.75) is 13.2 Å². The molecule has 0 bridgehead atoms. The lowest BCUT2D eigenvalue weighted by atomic mass is 9.89. The number of aliphatic hydroxyl groups is 2. The highest BCUT2D eigenvalue weighted by Gasteiger charge is 2.23. The van der Waals surface area contributed by atoms with Gasteiger partial charge in [-0.3, -0.25) is 9.80 Å². The molecule has 0 aliphatic carbocycles. The zero-order chi connectivity index (χ0) is 27.2. The van der Waals surface area contributed by atoms with E-state index >= 15 is 0 Å². The molecule has 0 aromatic heterocycles. The molecule has 0 unspecified atom stereocenters. The number of aliphatic hydroxyl groups excluding tert-OH is 2. The lowest BCUT2D eigenvalue weighted by Gasteiger charge is -2.35. The van der Waals surface area contributed by atoms with E-state index in [2.05, 4.69) is 15.9 Å². The first-order valence-corrected chi connectivity index (χ1v) is 12.7. The standard InChI is InChI=1S/C29H38N2O7/c1-34-24-13-19-12-21(17-31-8-6-30(7-9-31)10-11-32)23(18-33)28(22(19)16-25(24)35-2)20-14-26(36-3)29(38-5)27(15-20)37-4/h12-16,32-33H,6-11,17-18H2,1-5H3. The SMILES string of the molecule is COc1cc2cc(CN3CCN(CCO)CC3)c(CO)c(-c3cc(OC)c(OC)c(OC)c3)c2cc1OC. The van der Waals surface area contributed by atoms with E-state index in [4.69, 9.17) is 23.7 Å². The van der Waals surface area contributed by atoms with Gasteiger partial charge in [-0.15, -0.1) is 0 Å². The van der Waals surface area contributed by atoms with Crippen molar-refractivity contribution in [3.63, 3.8) is 0 Å². The van der Waals surface area contributed by atoms with Crippen LogP contribution in [0.15, 0.2) is 30.3 Å². The first-order chi connectivity index (χ1) is 18.5. The van der Waals surface area contributed by atoms with E-state index in [1.165, 1.54) is 0 Å². The molecular formula is C29H38N2O7. The fourth-order valence-electron chi connectivity index (χ4n) is 5.26.